The lowest BCUT2D eigenvalue weighted by Gasteiger charge is -2.33. The van der Waals surface area contributed by atoms with E-state index in [1.165, 1.54) is 50.5 Å². The molecule has 188 valence electrons. The zero-order valence-corrected chi connectivity index (χ0v) is 22.1. The molecule has 2 atom stereocenters. The van der Waals surface area contributed by atoms with Gasteiger partial charge in [-0.2, -0.15) is 0 Å². The molecule has 1 amide bonds. The topological polar surface area (TPSA) is 56.4 Å². The van der Waals surface area contributed by atoms with Crippen LogP contribution in [0.2, 0.25) is 0 Å². The van der Waals surface area contributed by atoms with Crippen molar-refractivity contribution < 1.29 is 4.79 Å². The maximum Gasteiger partial charge on any atom is 0.238 e. The number of benzene rings is 1. The third kappa shape index (κ3) is 8.21. The van der Waals surface area contributed by atoms with Crippen LogP contribution in [0, 0.1) is 11.8 Å². The summed E-state index contributed by atoms with van der Waals surface area (Å²) in [6, 6.07) is 10.6. The van der Waals surface area contributed by atoms with E-state index in [0.717, 1.165) is 61.6 Å². The number of piperidine rings is 1. The molecule has 7 heteroatoms. The van der Waals surface area contributed by atoms with Crippen molar-refractivity contribution >= 4 is 34.9 Å². The van der Waals surface area contributed by atoms with Gasteiger partial charge in [-0.05, 0) is 56.2 Å². The van der Waals surface area contributed by atoms with E-state index < -0.39 is 0 Å². The molecule has 0 spiro atoms. The Morgan fingerprint density at radius 1 is 1.09 bits per heavy atom. The minimum atomic E-state index is -0.0843. The fourth-order valence-electron chi connectivity index (χ4n) is 5.54. The predicted octanol–water partition coefficient (Wildman–Crippen LogP) is 4.32. The van der Waals surface area contributed by atoms with Gasteiger partial charge in [-0.25, -0.2) is 0 Å². The Hall–Kier alpha value is -1.15. The number of thiocarbonyl (C=S) groups is 1. The lowest BCUT2D eigenvalue weighted by molar-refractivity contribution is -0.122. The summed E-state index contributed by atoms with van der Waals surface area (Å²) in [7, 11) is 0. The van der Waals surface area contributed by atoms with Crippen molar-refractivity contribution in [2.75, 3.05) is 31.3 Å². The number of rotatable bonds is 10. The Bertz CT molecular complexity index is 757. The summed E-state index contributed by atoms with van der Waals surface area (Å²) in [5, 5.41) is 10.2. The van der Waals surface area contributed by atoms with E-state index in [1.807, 2.05) is 0 Å². The number of hydrogen-bond donors (Lipinski definition) is 3. The molecule has 1 aliphatic carbocycles. The molecule has 2 aliphatic heterocycles. The molecule has 3 fully saturated rings. The highest BCUT2D eigenvalue weighted by molar-refractivity contribution is 7.99. The third-order valence-corrected chi connectivity index (χ3v) is 9.14. The zero-order valence-electron chi connectivity index (χ0n) is 20.5. The molecule has 0 aromatic heterocycles. The number of carbonyl (C=O) groups is 1. The Labute approximate surface area is 215 Å². The lowest BCUT2D eigenvalue weighted by Crippen LogP contribution is -2.52. The summed E-state index contributed by atoms with van der Waals surface area (Å²) in [6.07, 6.45) is 11.3. The third-order valence-electron chi connectivity index (χ3n) is 7.78. The normalized spacial score (nSPS) is 23.5. The van der Waals surface area contributed by atoms with Crippen molar-refractivity contribution in [3.05, 3.63) is 35.9 Å². The van der Waals surface area contributed by atoms with Crippen molar-refractivity contribution in [1.29, 1.82) is 0 Å². The second-order valence-electron chi connectivity index (χ2n) is 10.4. The molecular weight excluding hydrogens is 460 g/mol. The number of nitrogens with zero attached hydrogens (tertiary/aromatic N) is 1. The zero-order chi connectivity index (χ0) is 23.6. The Morgan fingerprint density at radius 3 is 2.56 bits per heavy atom. The molecule has 1 saturated carbocycles. The maximum absolute atomic E-state index is 12.8. The quantitative estimate of drug-likeness (QED) is 0.414. The molecule has 0 radical (unpaired) electrons. The van der Waals surface area contributed by atoms with Gasteiger partial charge in [0.1, 0.15) is 0 Å². The van der Waals surface area contributed by atoms with Gasteiger partial charge in [0.15, 0.2) is 0 Å². The monoisotopic (exact) mass is 502 g/mol. The number of thioether (sulfide) groups is 1. The van der Waals surface area contributed by atoms with Gasteiger partial charge in [-0.3, -0.25) is 15.0 Å². The maximum atomic E-state index is 12.8. The molecule has 0 bridgehead atoms. The first-order valence-corrected chi connectivity index (χ1v) is 14.9. The van der Waals surface area contributed by atoms with Crippen molar-refractivity contribution in [3.8, 4) is 0 Å². The smallest absolute Gasteiger partial charge is 0.238 e. The second kappa shape index (κ2) is 13.8. The first-order chi connectivity index (χ1) is 16.7. The van der Waals surface area contributed by atoms with E-state index in [1.54, 1.807) is 11.8 Å². The number of nitrogens with one attached hydrogen (secondary N) is 3. The van der Waals surface area contributed by atoms with Gasteiger partial charge in [0, 0.05) is 24.7 Å². The number of carbonyl (C=O) groups excluding carboxylic acids is 1. The second-order valence-corrected chi connectivity index (χ2v) is 11.8. The Kier molecular flexibility index (Phi) is 10.5. The summed E-state index contributed by atoms with van der Waals surface area (Å²) >= 11 is 7.64. The fourth-order valence-corrected chi connectivity index (χ4v) is 6.74. The standard InChI is InChI=1S/C27H42N4OS2/c32-26(25-19-34-20-29-25)30-24(12-11-21-7-3-1-4-8-21)27(33)28-17-22-13-15-31(16-14-22)18-23-9-5-2-6-10-23/h2,5-6,9-10,21-22,24-25,29H,1,3-4,7-8,11-20H2,(H,28,33)(H,30,32)/t24-,25+/m1/s1. The van der Waals surface area contributed by atoms with Crippen LogP contribution in [0.15, 0.2) is 30.3 Å². The van der Waals surface area contributed by atoms with E-state index in [2.05, 4.69) is 51.2 Å². The minimum absolute atomic E-state index is 0.0463. The van der Waals surface area contributed by atoms with Gasteiger partial charge in [-0.15, -0.1) is 11.8 Å². The van der Waals surface area contributed by atoms with E-state index in [4.69, 9.17) is 12.2 Å². The average Bonchev–Trinajstić information content (AvgIpc) is 3.42. The Morgan fingerprint density at radius 2 is 1.85 bits per heavy atom. The molecule has 0 unspecified atom stereocenters. The summed E-state index contributed by atoms with van der Waals surface area (Å²) in [5.41, 5.74) is 1.40. The van der Waals surface area contributed by atoms with Crippen LogP contribution in [0.4, 0.5) is 0 Å². The van der Waals surface area contributed by atoms with Crippen LogP contribution in [0.3, 0.4) is 0 Å². The van der Waals surface area contributed by atoms with E-state index >= 15 is 0 Å². The van der Waals surface area contributed by atoms with Gasteiger partial charge in [0.2, 0.25) is 5.91 Å². The highest BCUT2D eigenvalue weighted by atomic mass is 32.2. The number of amides is 1. The van der Waals surface area contributed by atoms with Crippen molar-refractivity contribution in [1.82, 2.24) is 20.9 Å². The summed E-state index contributed by atoms with van der Waals surface area (Å²) in [5.74, 6) is 3.26. The van der Waals surface area contributed by atoms with Gasteiger partial charge in [0.05, 0.1) is 17.1 Å². The van der Waals surface area contributed by atoms with E-state index in [0.29, 0.717) is 5.92 Å². The van der Waals surface area contributed by atoms with E-state index in [-0.39, 0.29) is 18.0 Å². The lowest BCUT2D eigenvalue weighted by atomic mass is 9.85. The van der Waals surface area contributed by atoms with Crippen LogP contribution in [-0.4, -0.2) is 59.1 Å². The van der Waals surface area contributed by atoms with Gasteiger partial charge >= 0.3 is 0 Å². The number of hydrogen-bond acceptors (Lipinski definition) is 5. The highest BCUT2D eigenvalue weighted by Gasteiger charge is 2.27. The Balaban J connectivity index is 1.22. The van der Waals surface area contributed by atoms with Gasteiger partial charge in [-0.1, -0.05) is 74.7 Å². The molecule has 1 aromatic rings. The van der Waals surface area contributed by atoms with Crippen molar-refractivity contribution in [2.24, 2.45) is 11.8 Å². The molecule has 1 aromatic carbocycles. The van der Waals surface area contributed by atoms with E-state index in [9.17, 15) is 4.79 Å². The van der Waals surface area contributed by atoms with Crippen LogP contribution < -0.4 is 16.0 Å². The number of likely N-dealkylation sites (tertiary alicyclic amines) is 1. The molecule has 3 N–H and O–H groups in total. The summed E-state index contributed by atoms with van der Waals surface area (Å²) in [6.45, 7) is 4.25. The first-order valence-electron chi connectivity index (χ1n) is 13.3. The molecule has 4 rings (SSSR count). The van der Waals surface area contributed by atoms with Gasteiger partial charge in [0.25, 0.3) is 0 Å². The minimum Gasteiger partial charge on any atom is -0.378 e. The van der Waals surface area contributed by atoms with Crippen molar-refractivity contribution in [2.45, 2.75) is 76.4 Å². The van der Waals surface area contributed by atoms with Gasteiger partial charge < -0.3 is 10.6 Å². The molecule has 34 heavy (non-hydrogen) atoms. The largest absolute Gasteiger partial charge is 0.378 e. The van der Waals surface area contributed by atoms with Crippen LogP contribution in [0.25, 0.3) is 0 Å². The molecule has 2 saturated heterocycles. The van der Waals surface area contributed by atoms with Crippen LogP contribution in [-0.2, 0) is 11.3 Å². The molecular formula is C27H42N4OS2. The van der Waals surface area contributed by atoms with Crippen LogP contribution in [0.1, 0.15) is 63.4 Å². The summed E-state index contributed by atoms with van der Waals surface area (Å²) < 4.78 is 0. The first kappa shape index (κ1) is 25.9. The molecule has 3 aliphatic rings. The average molecular weight is 503 g/mol. The highest BCUT2D eigenvalue weighted by Crippen LogP contribution is 2.28. The SMILES string of the molecule is O=C(N[C@H](CCC1CCCCC1)C(=S)NCC1CCN(Cc2ccccc2)CC1)[C@@H]1CSCN1. The molecule has 2 heterocycles. The van der Waals surface area contributed by atoms with Crippen LogP contribution >= 0.6 is 24.0 Å². The predicted molar refractivity (Wildman–Crippen MR) is 147 cm³/mol. The summed E-state index contributed by atoms with van der Waals surface area (Å²) in [4.78, 5) is 16.2. The fraction of sp³-hybridized carbons (Fsp3) is 0.704. The van der Waals surface area contributed by atoms with Crippen LogP contribution in [0.5, 0.6) is 0 Å². The molecule has 5 nitrogen and oxygen atoms in total. The van der Waals surface area contributed by atoms with Crippen molar-refractivity contribution in [3.63, 3.8) is 0 Å².